The minimum atomic E-state index is -0.491. The van der Waals surface area contributed by atoms with Crippen molar-refractivity contribution in [2.45, 2.75) is 16.7 Å². The highest BCUT2D eigenvalue weighted by Gasteiger charge is 2.11. The predicted molar refractivity (Wildman–Crippen MR) is 80.1 cm³/mol. The van der Waals surface area contributed by atoms with E-state index >= 15 is 0 Å². The lowest BCUT2D eigenvalue weighted by Gasteiger charge is -2.07. The number of nitrogens with zero attached hydrogens (tertiary/aromatic N) is 3. The molecule has 0 aliphatic heterocycles. The molecule has 0 unspecified atom stereocenters. The Morgan fingerprint density at radius 1 is 1.40 bits per heavy atom. The summed E-state index contributed by atoms with van der Waals surface area (Å²) in [6.07, 6.45) is 1.49. The van der Waals surface area contributed by atoms with E-state index in [1.165, 1.54) is 46.9 Å². The number of benzene rings is 1. The van der Waals surface area contributed by atoms with Gasteiger partial charge in [-0.3, -0.25) is 14.9 Å². The van der Waals surface area contributed by atoms with Gasteiger partial charge < -0.3 is 0 Å². The van der Waals surface area contributed by atoms with Crippen LogP contribution in [0, 0.1) is 10.1 Å². The lowest BCUT2D eigenvalue weighted by atomic mass is 10.3. The number of aromatic nitrogens is 2. The lowest BCUT2D eigenvalue weighted by Crippen LogP contribution is -2.22. The summed E-state index contributed by atoms with van der Waals surface area (Å²) in [5.74, 6) is 0.743. The molecule has 0 aliphatic carbocycles. The molecule has 2 rings (SSSR count). The second-order valence-electron chi connectivity index (χ2n) is 3.78. The molecule has 6 nitrogen and oxygen atoms in total. The molecule has 20 heavy (non-hydrogen) atoms. The van der Waals surface area contributed by atoms with Crippen LogP contribution in [0.4, 0.5) is 5.69 Å². The van der Waals surface area contributed by atoms with Crippen molar-refractivity contribution >= 4 is 30.1 Å². The Kier molecular flexibility index (Phi) is 4.46. The summed E-state index contributed by atoms with van der Waals surface area (Å²) in [5.41, 5.74) is 0.167. The average Bonchev–Trinajstić information content (AvgIpc) is 2.44. The van der Waals surface area contributed by atoms with Crippen LogP contribution >= 0.6 is 24.4 Å². The Hall–Kier alpha value is -1.80. The molecule has 0 saturated carbocycles. The molecule has 104 valence electrons. The first-order valence-electron chi connectivity index (χ1n) is 5.73. The number of thiol groups is 1. The monoisotopic (exact) mass is 309 g/mol. The van der Waals surface area contributed by atoms with Crippen LogP contribution < -0.4 is 5.56 Å². The van der Waals surface area contributed by atoms with Crippen LogP contribution in [0.25, 0.3) is 5.69 Å². The molecule has 0 N–H and O–H groups in total. The first-order valence-corrected chi connectivity index (χ1v) is 7.16. The summed E-state index contributed by atoms with van der Waals surface area (Å²) < 4.78 is 1.21. The molecule has 0 aliphatic rings. The zero-order valence-corrected chi connectivity index (χ0v) is 12.2. The maximum Gasteiger partial charge on any atom is 0.286 e. The van der Waals surface area contributed by atoms with Crippen molar-refractivity contribution in [3.05, 3.63) is 50.9 Å². The van der Waals surface area contributed by atoms with Gasteiger partial charge in [-0.15, -0.1) is 24.4 Å². The number of rotatable bonds is 4. The van der Waals surface area contributed by atoms with Gasteiger partial charge in [0.15, 0.2) is 0 Å². The molecular weight excluding hydrogens is 298 g/mol. The van der Waals surface area contributed by atoms with Crippen molar-refractivity contribution in [3.8, 4) is 5.69 Å². The van der Waals surface area contributed by atoms with Crippen LogP contribution in [-0.4, -0.2) is 20.5 Å². The Morgan fingerprint density at radius 3 is 2.60 bits per heavy atom. The largest absolute Gasteiger partial charge is 0.286 e. The highest BCUT2D eigenvalue weighted by molar-refractivity contribution is 7.99. The van der Waals surface area contributed by atoms with E-state index in [4.69, 9.17) is 0 Å². The maximum atomic E-state index is 12.3. The molecule has 0 bridgehead atoms. The van der Waals surface area contributed by atoms with Crippen molar-refractivity contribution in [2.24, 2.45) is 0 Å². The third-order valence-electron chi connectivity index (χ3n) is 2.51. The van der Waals surface area contributed by atoms with Gasteiger partial charge in [-0.25, -0.2) is 0 Å². The van der Waals surface area contributed by atoms with Crippen molar-refractivity contribution in [1.29, 1.82) is 0 Å². The van der Waals surface area contributed by atoms with Gasteiger partial charge in [-0.2, -0.15) is 9.78 Å². The quantitative estimate of drug-likeness (QED) is 0.406. The minimum absolute atomic E-state index is 0.0317. The summed E-state index contributed by atoms with van der Waals surface area (Å²) in [4.78, 5) is 23.5. The minimum Gasteiger partial charge on any atom is -0.266 e. The molecule has 1 aromatic carbocycles. The molecular formula is C12H11N3O3S2. The lowest BCUT2D eigenvalue weighted by molar-refractivity contribution is -0.384. The van der Waals surface area contributed by atoms with Gasteiger partial charge >= 0.3 is 0 Å². The molecule has 0 atom stereocenters. The standard InChI is InChI=1S/C12H11N3O3S2/c1-2-20-11-10(19)7-13-14(12(11)16)8-3-5-9(6-4-8)15(17)18/h3-7,19H,2H2,1H3. The molecule has 8 heteroatoms. The van der Waals surface area contributed by atoms with Crippen LogP contribution in [0.5, 0.6) is 0 Å². The maximum absolute atomic E-state index is 12.3. The zero-order chi connectivity index (χ0) is 14.7. The normalized spacial score (nSPS) is 10.5. The molecule has 1 heterocycles. The fraction of sp³-hybridized carbons (Fsp3) is 0.167. The van der Waals surface area contributed by atoms with Crippen LogP contribution in [0.15, 0.2) is 45.0 Å². The first kappa shape index (κ1) is 14.6. The third kappa shape index (κ3) is 2.86. The summed E-state index contributed by atoms with van der Waals surface area (Å²) >= 11 is 5.61. The van der Waals surface area contributed by atoms with Gasteiger partial charge in [0.05, 0.1) is 21.7 Å². The van der Waals surface area contributed by atoms with Gasteiger partial charge in [0.2, 0.25) is 0 Å². The number of hydrogen-bond donors (Lipinski definition) is 1. The van der Waals surface area contributed by atoms with E-state index in [1.54, 1.807) is 0 Å². The fourth-order valence-electron chi connectivity index (χ4n) is 1.61. The Morgan fingerprint density at radius 2 is 2.05 bits per heavy atom. The Bertz CT molecular complexity index is 698. The van der Waals surface area contributed by atoms with Crippen LogP contribution in [0.2, 0.25) is 0 Å². The zero-order valence-electron chi connectivity index (χ0n) is 10.5. The first-order chi connectivity index (χ1) is 9.54. The van der Waals surface area contributed by atoms with E-state index in [0.29, 0.717) is 15.5 Å². The van der Waals surface area contributed by atoms with E-state index < -0.39 is 4.92 Å². The van der Waals surface area contributed by atoms with Crippen molar-refractivity contribution in [2.75, 3.05) is 5.75 Å². The van der Waals surface area contributed by atoms with Crippen LogP contribution in [-0.2, 0) is 0 Å². The van der Waals surface area contributed by atoms with E-state index in [0.717, 1.165) is 5.75 Å². The molecule has 2 aromatic rings. The van der Waals surface area contributed by atoms with Gasteiger partial charge in [-0.1, -0.05) is 6.92 Å². The second kappa shape index (κ2) is 6.10. The van der Waals surface area contributed by atoms with Gasteiger partial charge in [0.1, 0.15) is 0 Å². The molecule has 0 spiro atoms. The number of thioether (sulfide) groups is 1. The second-order valence-corrected chi connectivity index (χ2v) is 5.54. The number of nitro benzene ring substituents is 1. The van der Waals surface area contributed by atoms with Gasteiger partial charge in [0.25, 0.3) is 11.2 Å². The highest BCUT2D eigenvalue weighted by Crippen LogP contribution is 2.21. The SMILES string of the molecule is CCSc1c(S)cnn(-c2ccc([N+](=O)[O-])cc2)c1=O. The van der Waals surface area contributed by atoms with Crippen molar-refractivity contribution in [3.63, 3.8) is 0 Å². The number of non-ortho nitro benzene ring substituents is 1. The summed E-state index contributed by atoms with van der Waals surface area (Å²) in [6, 6.07) is 5.66. The van der Waals surface area contributed by atoms with Crippen LogP contribution in [0.1, 0.15) is 6.92 Å². The van der Waals surface area contributed by atoms with Crippen molar-refractivity contribution < 1.29 is 4.92 Å². The van der Waals surface area contributed by atoms with Crippen LogP contribution in [0.3, 0.4) is 0 Å². The number of hydrogen-bond acceptors (Lipinski definition) is 6. The van der Waals surface area contributed by atoms with E-state index in [-0.39, 0.29) is 11.2 Å². The fourth-order valence-corrected chi connectivity index (χ4v) is 2.65. The van der Waals surface area contributed by atoms with E-state index in [1.807, 2.05) is 6.92 Å². The summed E-state index contributed by atoms with van der Waals surface area (Å²) in [5, 5.41) is 14.6. The molecule has 0 radical (unpaired) electrons. The van der Waals surface area contributed by atoms with Gasteiger partial charge in [-0.05, 0) is 17.9 Å². The van der Waals surface area contributed by atoms with E-state index in [2.05, 4.69) is 17.7 Å². The average molecular weight is 309 g/mol. The third-order valence-corrected chi connectivity index (χ3v) is 3.97. The predicted octanol–water partition coefficient (Wildman–Crippen LogP) is 2.54. The smallest absolute Gasteiger partial charge is 0.266 e. The molecule has 0 saturated heterocycles. The van der Waals surface area contributed by atoms with E-state index in [9.17, 15) is 14.9 Å². The molecule has 1 aromatic heterocycles. The Balaban J connectivity index is 2.50. The molecule has 0 amide bonds. The highest BCUT2D eigenvalue weighted by atomic mass is 32.2. The molecule has 0 fully saturated rings. The van der Waals surface area contributed by atoms with Crippen molar-refractivity contribution in [1.82, 2.24) is 9.78 Å². The topological polar surface area (TPSA) is 78.0 Å². The number of nitro groups is 1. The summed E-state index contributed by atoms with van der Waals surface area (Å²) in [7, 11) is 0. The summed E-state index contributed by atoms with van der Waals surface area (Å²) in [6.45, 7) is 1.94. The Labute approximate surface area is 124 Å². The van der Waals surface area contributed by atoms with Gasteiger partial charge in [0, 0.05) is 17.0 Å².